The van der Waals surface area contributed by atoms with Crippen LogP contribution in [0.25, 0.3) is 0 Å². The third-order valence-corrected chi connectivity index (χ3v) is 5.40. The molecule has 32 heavy (non-hydrogen) atoms. The summed E-state index contributed by atoms with van der Waals surface area (Å²) >= 11 is 6.03. The molecule has 0 spiro atoms. The number of hydrazone groups is 1. The lowest BCUT2D eigenvalue weighted by Crippen LogP contribution is -2.42. The molecule has 1 saturated heterocycles. The summed E-state index contributed by atoms with van der Waals surface area (Å²) in [4.78, 5) is 25.7. The van der Waals surface area contributed by atoms with Crippen molar-refractivity contribution < 1.29 is 23.4 Å². The Balaban J connectivity index is 1.67. The average molecular weight is 453 g/mol. The molecule has 2 atom stereocenters. The summed E-state index contributed by atoms with van der Waals surface area (Å²) in [5.41, 5.74) is 4.64. The number of carbonyl (C=O) groups excluding carboxylic acids is 2. The number of halogens is 2. The lowest BCUT2D eigenvalue weighted by molar-refractivity contribution is -0.596. The number of ether oxygens (including phenoxy) is 1. The van der Waals surface area contributed by atoms with Crippen molar-refractivity contribution in [3.05, 3.63) is 100 Å². The molecular formula is C24H20ClFN3O3+. The Morgan fingerprint density at radius 1 is 1.06 bits per heavy atom. The highest BCUT2D eigenvalue weighted by Crippen LogP contribution is 2.27. The van der Waals surface area contributed by atoms with Crippen molar-refractivity contribution in [2.24, 2.45) is 0 Å². The van der Waals surface area contributed by atoms with E-state index in [0.29, 0.717) is 21.9 Å². The van der Waals surface area contributed by atoms with E-state index in [0.717, 1.165) is 5.56 Å². The number of hydrazine groups is 1. The molecule has 0 aromatic heterocycles. The summed E-state index contributed by atoms with van der Waals surface area (Å²) < 4.78 is 20.0. The summed E-state index contributed by atoms with van der Waals surface area (Å²) in [6, 6.07) is 18.1. The predicted octanol–water partition coefficient (Wildman–Crippen LogP) is 3.50. The minimum Gasteiger partial charge on any atom is -0.497 e. The maximum absolute atomic E-state index is 13.3. The molecule has 3 aromatic rings. The largest absolute Gasteiger partial charge is 0.497 e. The predicted molar refractivity (Wildman–Crippen MR) is 118 cm³/mol. The molecule has 1 fully saturated rings. The second-order valence-corrected chi connectivity index (χ2v) is 7.68. The highest BCUT2D eigenvalue weighted by molar-refractivity contribution is 6.30. The Labute approximate surface area is 189 Å². The van der Waals surface area contributed by atoms with E-state index >= 15 is 0 Å². The summed E-state index contributed by atoms with van der Waals surface area (Å²) in [5.74, 6) is -0.494. The Hall–Kier alpha value is -3.71. The standard InChI is InChI=1S/C24H19ClFN3O3/c1-32-20-12-6-17(7-13-20)23(30)27-21-22(16-4-8-18(25)9-5-16)29(28-24(21)31)14-15-2-10-19(26)11-3-15/h2-14,21-22H,1H3,(H-,27,28,30,31)/p+1/b29-14-/t21-,22-/m1/s1. The molecule has 1 heterocycles. The molecule has 8 heteroatoms. The van der Waals surface area contributed by atoms with Gasteiger partial charge < -0.3 is 10.1 Å². The fraction of sp³-hybridized carbons (Fsp3) is 0.125. The van der Waals surface area contributed by atoms with Crippen molar-refractivity contribution >= 4 is 29.6 Å². The van der Waals surface area contributed by atoms with Crippen LogP contribution in [0.1, 0.15) is 27.5 Å². The third kappa shape index (κ3) is 4.63. The van der Waals surface area contributed by atoms with Gasteiger partial charge in [-0.2, -0.15) is 0 Å². The Morgan fingerprint density at radius 2 is 1.72 bits per heavy atom. The number of hydrogen-bond donors (Lipinski definition) is 2. The molecule has 3 aromatic carbocycles. The van der Waals surface area contributed by atoms with Gasteiger partial charge in [-0.25, -0.2) is 4.39 Å². The van der Waals surface area contributed by atoms with Crippen LogP contribution >= 0.6 is 11.6 Å². The lowest BCUT2D eigenvalue weighted by atomic mass is 9.99. The van der Waals surface area contributed by atoms with Crippen LogP contribution in [0.2, 0.25) is 5.02 Å². The number of amides is 2. The van der Waals surface area contributed by atoms with E-state index in [1.807, 2.05) is 0 Å². The van der Waals surface area contributed by atoms with Crippen LogP contribution in [0.15, 0.2) is 72.8 Å². The van der Waals surface area contributed by atoms with Gasteiger partial charge in [0.05, 0.1) is 7.11 Å². The van der Waals surface area contributed by atoms with E-state index in [9.17, 15) is 14.0 Å². The van der Waals surface area contributed by atoms with E-state index in [1.54, 1.807) is 78.7 Å². The quantitative estimate of drug-likeness (QED) is 0.582. The fourth-order valence-electron chi connectivity index (χ4n) is 3.52. The van der Waals surface area contributed by atoms with Gasteiger partial charge >= 0.3 is 5.91 Å². The van der Waals surface area contributed by atoms with Gasteiger partial charge in [-0.3, -0.25) is 9.59 Å². The van der Waals surface area contributed by atoms with Crippen molar-refractivity contribution in [3.8, 4) is 5.75 Å². The van der Waals surface area contributed by atoms with E-state index in [1.165, 1.54) is 12.1 Å². The zero-order valence-electron chi connectivity index (χ0n) is 17.1. The molecule has 0 unspecified atom stereocenters. The van der Waals surface area contributed by atoms with Crippen molar-refractivity contribution in [2.75, 3.05) is 7.11 Å². The number of methoxy groups -OCH3 is 1. The minimum atomic E-state index is -0.873. The molecule has 0 radical (unpaired) electrons. The smallest absolute Gasteiger partial charge is 0.304 e. The van der Waals surface area contributed by atoms with Gasteiger partial charge in [0.25, 0.3) is 5.91 Å². The maximum atomic E-state index is 13.3. The Bertz CT molecular complexity index is 1160. The van der Waals surface area contributed by atoms with Crippen LogP contribution < -0.4 is 15.5 Å². The Morgan fingerprint density at radius 3 is 2.34 bits per heavy atom. The number of carbonyl (C=O) groups is 2. The van der Waals surface area contributed by atoms with Gasteiger partial charge in [0.2, 0.25) is 12.3 Å². The van der Waals surface area contributed by atoms with Crippen LogP contribution in [0.5, 0.6) is 5.75 Å². The zero-order valence-corrected chi connectivity index (χ0v) is 17.8. The molecule has 0 aliphatic carbocycles. The molecule has 1 aliphatic heterocycles. The second kappa shape index (κ2) is 9.20. The van der Waals surface area contributed by atoms with Crippen molar-refractivity contribution in [2.45, 2.75) is 12.1 Å². The van der Waals surface area contributed by atoms with E-state index in [2.05, 4.69) is 10.7 Å². The molecule has 1 aliphatic rings. The van der Waals surface area contributed by atoms with Gasteiger partial charge in [0, 0.05) is 21.7 Å². The van der Waals surface area contributed by atoms with E-state index < -0.39 is 18.0 Å². The molecule has 6 nitrogen and oxygen atoms in total. The van der Waals surface area contributed by atoms with Crippen molar-refractivity contribution in [1.29, 1.82) is 0 Å². The molecule has 162 valence electrons. The highest BCUT2D eigenvalue weighted by atomic mass is 35.5. The normalized spacial score (nSPS) is 19.0. The lowest BCUT2D eigenvalue weighted by Gasteiger charge is -2.15. The SMILES string of the molecule is COc1ccc(C(=O)N[C@H]2C(=O)N/[N+](=C\c3ccc(F)cc3)[C@@H]2c2ccc(Cl)cc2)cc1. The minimum absolute atomic E-state index is 0.355. The molecule has 2 amide bonds. The van der Waals surface area contributed by atoms with Gasteiger partial charge in [0.1, 0.15) is 11.6 Å². The average Bonchev–Trinajstić information content (AvgIpc) is 3.10. The first-order chi connectivity index (χ1) is 15.4. The van der Waals surface area contributed by atoms with Crippen LogP contribution in [-0.2, 0) is 4.79 Å². The first-order valence-corrected chi connectivity index (χ1v) is 10.2. The van der Waals surface area contributed by atoms with Gasteiger partial charge in [-0.1, -0.05) is 23.7 Å². The molecule has 2 N–H and O–H groups in total. The number of rotatable bonds is 5. The van der Waals surface area contributed by atoms with E-state index in [-0.39, 0.29) is 11.7 Å². The summed E-state index contributed by atoms with van der Waals surface area (Å²) in [5, 5.41) is 3.38. The van der Waals surface area contributed by atoms with Crippen LogP contribution in [0.3, 0.4) is 0 Å². The van der Waals surface area contributed by atoms with Crippen LogP contribution in [0, 0.1) is 5.82 Å². The Kier molecular flexibility index (Phi) is 6.18. The first kappa shape index (κ1) is 21.5. The molecule has 0 saturated carbocycles. The monoisotopic (exact) mass is 452 g/mol. The van der Waals surface area contributed by atoms with Gasteiger partial charge in [0.15, 0.2) is 6.04 Å². The first-order valence-electron chi connectivity index (χ1n) is 9.84. The third-order valence-electron chi connectivity index (χ3n) is 5.15. The zero-order chi connectivity index (χ0) is 22.7. The highest BCUT2D eigenvalue weighted by Gasteiger charge is 2.47. The topological polar surface area (TPSA) is 70.4 Å². The molecule has 4 rings (SSSR count). The summed E-state index contributed by atoms with van der Waals surface area (Å²) in [6.45, 7) is 0. The number of benzene rings is 3. The van der Waals surface area contributed by atoms with Gasteiger partial charge in [-0.15, -0.1) is 10.1 Å². The van der Waals surface area contributed by atoms with Crippen molar-refractivity contribution in [1.82, 2.24) is 10.7 Å². The summed E-state index contributed by atoms with van der Waals surface area (Å²) in [6.07, 6.45) is 1.69. The number of nitrogens with one attached hydrogen (secondary N) is 2. The maximum Gasteiger partial charge on any atom is 0.304 e. The van der Waals surface area contributed by atoms with Crippen molar-refractivity contribution in [3.63, 3.8) is 0 Å². The van der Waals surface area contributed by atoms with E-state index in [4.69, 9.17) is 16.3 Å². The van der Waals surface area contributed by atoms with Gasteiger partial charge in [-0.05, 0) is 60.7 Å². The molecule has 0 bridgehead atoms. The van der Waals surface area contributed by atoms with Crippen LogP contribution in [-0.4, -0.2) is 35.9 Å². The van der Waals surface area contributed by atoms with Crippen LogP contribution in [0.4, 0.5) is 4.39 Å². The fourth-order valence-corrected chi connectivity index (χ4v) is 3.64. The summed E-state index contributed by atoms with van der Waals surface area (Å²) in [7, 11) is 1.54. The number of hydrogen-bond acceptors (Lipinski definition) is 3. The number of nitrogens with zero attached hydrogens (tertiary/aromatic N) is 1. The molecular weight excluding hydrogens is 433 g/mol. The second-order valence-electron chi connectivity index (χ2n) is 7.24.